The summed E-state index contributed by atoms with van der Waals surface area (Å²) in [4.78, 5) is 16.0. The van der Waals surface area contributed by atoms with E-state index in [0.717, 1.165) is 5.56 Å². The molecular formula is C17H12F2N2O3. The topological polar surface area (TPSA) is 64.4 Å². The van der Waals surface area contributed by atoms with E-state index in [2.05, 4.69) is 15.0 Å². The van der Waals surface area contributed by atoms with Crippen molar-refractivity contribution in [3.63, 3.8) is 0 Å². The van der Waals surface area contributed by atoms with Crippen LogP contribution >= 0.6 is 0 Å². The first-order valence-electron chi connectivity index (χ1n) is 6.97. The van der Waals surface area contributed by atoms with Gasteiger partial charge in [-0.2, -0.15) is 8.78 Å². The Morgan fingerprint density at radius 1 is 1.17 bits per heavy atom. The van der Waals surface area contributed by atoms with Crippen LogP contribution < -0.4 is 10.1 Å². The summed E-state index contributed by atoms with van der Waals surface area (Å²) in [6.45, 7) is -2.94. The molecule has 0 spiro atoms. The molecule has 0 unspecified atom stereocenters. The third-order valence-electron chi connectivity index (χ3n) is 3.18. The molecule has 7 heteroatoms. The van der Waals surface area contributed by atoms with E-state index in [0.29, 0.717) is 11.4 Å². The maximum atomic E-state index is 12.2. The average Bonchev–Trinajstić information content (AvgIpc) is 3.09. The van der Waals surface area contributed by atoms with E-state index in [1.807, 2.05) is 0 Å². The number of alkyl halides is 2. The van der Waals surface area contributed by atoms with Crippen molar-refractivity contribution in [2.24, 2.45) is 0 Å². The number of anilines is 1. The van der Waals surface area contributed by atoms with Gasteiger partial charge in [0.25, 0.3) is 5.91 Å². The highest BCUT2D eigenvalue weighted by Crippen LogP contribution is 2.22. The minimum Gasteiger partial charge on any atom is -0.444 e. The monoisotopic (exact) mass is 330 g/mol. The van der Waals surface area contributed by atoms with Crippen LogP contribution in [0.25, 0.3) is 11.3 Å². The van der Waals surface area contributed by atoms with Crippen molar-refractivity contribution in [1.82, 2.24) is 4.98 Å². The molecule has 2 aromatic carbocycles. The number of rotatable bonds is 5. The van der Waals surface area contributed by atoms with E-state index in [1.165, 1.54) is 30.7 Å². The number of amides is 1. The molecular weight excluding hydrogens is 318 g/mol. The number of halogens is 2. The van der Waals surface area contributed by atoms with Crippen LogP contribution in [0.15, 0.2) is 65.5 Å². The molecule has 0 aliphatic rings. The maximum absolute atomic E-state index is 12.2. The molecule has 0 saturated carbocycles. The van der Waals surface area contributed by atoms with E-state index in [4.69, 9.17) is 4.42 Å². The normalized spacial score (nSPS) is 10.6. The van der Waals surface area contributed by atoms with E-state index < -0.39 is 12.5 Å². The molecule has 0 radical (unpaired) electrons. The molecule has 0 aliphatic carbocycles. The molecule has 5 nitrogen and oxygen atoms in total. The van der Waals surface area contributed by atoms with Crippen LogP contribution in [-0.2, 0) is 0 Å². The van der Waals surface area contributed by atoms with Crippen molar-refractivity contribution < 1.29 is 22.7 Å². The number of benzene rings is 2. The molecule has 1 amide bonds. The lowest BCUT2D eigenvalue weighted by Crippen LogP contribution is -2.12. The van der Waals surface area contributed by atoms with Crippen molar-refractivity contribution in [2.75, 3.05) is 5.32 Å². The van der Waals surface area contributed by atoms with Crippen LogP contribution in [0.1, 0.15) is 10.4 Å². The molecule has 0 aliphatic heterocycles. The number of hydrogen-bond acceptors (Lipinski definition) is 4. The first-order valence-corrected chi connectivity index (χ1v) is 6.97. The summed E-state index contributed by atoms with van der Waals surface area (Å²) in [5, 5.41) is 2.68. The summed E-state index contributed by atoms with van der Waals surface area (Å²) in [6, 6.07) is 12.5. The van der Waals surface area contributed by atoms with Gasteiger partial charge in [0.2, 0.25) is 0 Å². The molecule has 24 heavy (non-hydrogen) atoms. The number of ether oxygens (including phenoxy) is 1. The maximum Gasteiger partial charge on any atom is 0.387 e. The number of carbonyl (C=O) groups excluding carboxylic acids is 1. The Morgan fingerprint density at radius 2 is 1.96 bits per heavy atom. The Labute approximate surface area is 135 Å². The first-order chi connectivity index (χ1) is 11.6. The Hall–Kier alpha value is -3.22. The molecule has 0 bridgehead atoms. The number of carbonyl (C=O) groups is 1. The second-order valence-electron chi connectivity index (χ2n) is 4.80. The summed E-state index contributed by atoms with van der Waals surface area (Å²) in [5.74, 6) is 0.116. The zero-order valence-corrected chi connectivity index (χ0v) is 12.3. The summed E-state index contributed by atoms with van der Waals surface area (Å²) in [5.41, 5.74) is 1.59. The SMILES string of the molecule is O=C(Nc1ccc(-c2cnco2)cc1)c1cccc(OC(F)F)c1. The van der Waals surface area contributed by atoms with E-state index in [-0.39, 0.29) is 11.3 Å². The van der Waals surface area contributed by atoms with E-state index in [9.17, 15) is 13.6 Å². The van der Waals surface area contributed by atoms with Gasteiger partial charge in [-0.1, -0.05) is 6.07 Å². The molecule has 0 fully saturated rings. The molecule has 1 N–H and O–H groups in total. The summed E-state index contributed by atoms with van der Waals surface area (Å²) in [6.07, 6.45) is 2.92. The second kappa shape index (κ2) is 6.91. The zero-order chi connectivity index (χ0) is 16.9. The van der Waals surface area contributed by atoms with E-state index >= 15 is 0 Å². The number of aromatic nitrogens is 1. The van der Waals surface area contributed by atoms with Gasteiger partial charge in [0, 0.05) is 16.8 Å². The number of hydrogen-bond donors (Lipinski definition) is 1. The van der Waals surface area contributed by atoms with Gasteiger partial charge in [-0.05, 0) is 42.5 Å². The van der Waals surface area contributed by atoms with Gasteiger partial charge in [-0.15, -0.1) is 0 Å². The molecule has 0 atom stereocenters. The Kier molecular flexibility index (Phi) is 4.51. The summed E-state index contributed by atoms with van der Waals surface area (Å²) >= 11 is 0. The smallest absolute Gasteiger partial charge is 0.387 e. The Bertz CT molecular complexity index is 818. The predicted octanol–water partition coefficient (Wildman–Crippen LogP) is 4.20. The van der Waals surface area contributed by atoms with Gasteiger partial charge >= 0.3 is 6.61 Å². The Balaban J connectivity index is 1.70. The minimum atomic E-state index is -2.94. The van der Waals surface area contributed by atoms with Crippen LogP contribution in [0.4, 0.5) is 14.5 Å². The summed E-state index contributed by atoms with van der Waals surface area (Å²) in [7, 11) is 0. The third kappa shape index (κ3) is 3.75. The lowest BCUT2D eigenvalue weighted by atomic mass is 10.1. The van der Waals surface area contributed by atoms with Gasteiger partial charge in [0.15, 0.2) is 12.2 Å². The average molecular weight is 330 g/mol. The second-order valence-corrected chi connectivity index (χ2v) is 4.80. The lowest BCUT2D eigenvalue weighted by molar-refractivity contribution is -0.0498. The van der Waals surface area contributed by atoms with Gasteiger partial charge in [-0.25, -0.2) is 4.98 Å². The van der Waals surface area contributed by atoms with Gasteiger partial charge in [-0.3, -0.25) is 4.79 Å². The Morgan fingerprint density at radius 3 is 2.62 bits per heavy atom. The van der Waals surface area contributed by atoms with Crippen LogP contribution in [0, 0.1) is 0 Å². The van der Waals surface area contributed by atoms with Crippen molar-refractivity contribution in [3.05, 3.63) is 66.7 Å². The van der Waals surface area contributed by atoms with Gasteiger partial charge in [0.1, 0.15) is 5.75 Å². The zero-order valence-electron chi connectivity index (χ0n) is 12.3. The van der Waals surface area contributed by atoms with Crippen molar-refractivity contribution in [2.45, 2.75) is 6.61 Å². The van der Waals surface area contributed by atoms with Gasteiger partial charge in [0.05, 0.1) is 6.20 Å². The highest BCUT2D eigenvalue weighted by Gasteiger charge is 2.10. The first kappa shape index (κ1) is 15.7. The molecule has 1 heterocycles. The fourth-order valence-corrected chi connectivity index (χ4v) is 2.09. The predicted molar refractivity (Wildman–Crippen MR) is 83.0 cm³/mol. The van der Waals surface area contributed by atoms with Crippen LogP contribution in [-0.4, -0.2) is 17.5 Å². The number of nitrogens with zero attached hydrogens (tertiary/aromatic N) is 1. The van der Waals surface area contributed by atoms with E-state index in [1.54, 1.807) is 30.5 Å². The van der Waals surface area contributed by atoms with Crippen LogP contribution in [0.5, 0.6) is 5.75 Å². The van der Waals surface area contributed by atoms with Gasteiger partial charge < -0.3 is 14.5 Å². The van der Waals surface area contributed by atoms with Crippen molar-refractivity contribution in [3.8, 4) is 17.1 Å². The molecule has 0 saturated heterocycles. The van der Waals surface area contributed by atoms with Crippen molar-refractivity contribution in [1.29, 1.82) is 0 Å². The largest absolute Gasteiger partial charge is 0.444 e. The molecule has 1 aromatic heterocycles. The highest BCUT2D eigenvalue weighted by atomic mass is 19.3. The van der Waals surface area contributed by atoms with Crippen molar-refractivity contribution >= 4 is 11.6 Å². The minimum absolute atomic E-state index is 0.0710. The quantitative estimate of drug-likeness (QED) is 0.761. The molecule has 3 rings (SSSR count). The van der Waals surface area contributed by atoms with Crippen LogP contribution in [0.2, 0.25) is 0 Å². The third-order valence-corrected chi connectivity index (χ3v) is 3.18. The summed E-state index contributed by atoms with van der Waals surface area (Å²) < 4.78 is 33.9. The fourth-order valence-electron chi connectivity index (χ4n) is 2.09. The number of nitrogens with one attached hydrogen (secondary N) is 1. The van der Waals surface area contributed by atoms with Crippen LogP contribution in [0.3, 0.4) is 0 Å². The highest BCUT2D eigenvalue weighted by molar-refractivity contribution is 6.04. The molecule has 3 aromatic rings. The lowest BCUT2D eigenvalue weighted by Gasteiger charge is -2.08. The number of oxazole rings is 1. The fraction of sp³-hybridized carbons (Fsp3) is 0.0588. The standard InChI is InChI=1S/C17H12F2N2O3/c18-17(19)24-14-3-1-2-12(8-14)16(22)21-13-6-4-11(5-7-13)15-9-20-10-23-15/h1-10,17H,(H,21,22). The molecule has 122 valence electrons.